The fourth-order valence-electron chi connectivity index (χ4n) is 3.25. The molecular weight excluding hydrogens is 196 g/mol. The Hall–Kier alpha value is -0.0800. The minimum Gasteiger partial charge on any atom is -0.298 e. The lowest BCUT2D eigenvalue weighted by Gasteiger charge is -2.48. The number of fused-ring (bicyclic) bond motifs is 1. The highest BCUT2D eigenvalue weighted by Crippen LogP contribution is 2.31. The summed E-state index contributed by atoms with van der Waals surface area (Å²) >= 11 is 0. The highest BCUT2D eigenvalue weighted by atomic mass is 15.3. The predicted molar refractivity (Wildman–Crippen MR) is 69.7 cm³/mol. The van der Waals surface area contributed by atoms with Crippen LogP contribution in [-0.2, 0) is 0 Å². The Morgan fingerprint density at radius 1 is 1.19 bits per heavy atom. The van der Waals surface area contributed by atoms with E-state index in [0.717, 1.165) is 12.1 Å². The summed E-state index contributed by atoms with van der Waals surface area (Å²) in [6.07, 6.45) is 2.83. The van der Waals surface area contributed by atoms with Crippen LogP contribution in [0.25, 0.3) is 0 Å². The molecule has 0 spiro atoms. The van der Waals surface area contributed by atoms with Crippen LogP contribution in [0.15, 0.2) is 0 Å². The van der Waals surface area contributed by atoms with Gasteiger partial charge in [0.05, 0.1) is 0 Å². The molecule has 0 bridgehead atoms. The van der Waals surface area contributed by atoms with Crippen molar-refractivity contribution < 1.29 is 0 Å². The van der Waals surface area contributed by atoms with Crippen molar-refractivity contribution in [3.05, 3.63) is 0 Å². The zero-order valence-electron chi connectivity index (χ0n) is 11.7. The van der Waals surface area contributed by atoms with Gasteiger partial charge < -0.3 is 0 Å². The summed E-state index contributed by atoms with van der Waals surface area (Å²) in [5.41, 5.74) is 0.398. The van der Waals surface area contributed by atoms with E-state index in [9.17, 15) is 0 Å². The fraction of sp³-hybridized carbons (Fsp3) is 1.00. The van der Waals surface area contributed by atoms with E-state index in [2.05, 4.69) is 44.4 Å². The van der Waals surface area contributed by atoms with Crippen LogP contribution in [0.2, 0.25) is 0 Å². The molecule has 2 fully saturated rings. The second-order valence-electron chi connectivity index (χ2n) is 6.88. The summed E-state index contributed by atoms with van der Waals surface area (Å²) in [7, 11) is 0. The van der Waals surface area contributed by atoms with Gasteiger partial charge in [-0.15, -0.1) is 0 Å². The quantitative estimate of drug-likeness (QED) is 0.675. The van der Waals surface area contributed by atoms with Crippen LogP contribution in [0.3, 0.4) is 0 Å². The normalized spacial score (nSPS) is 35.1. The molecule has 2 rings (SSSR count). The average molecular weight is 224 g/mol. The molecule has 0 aromatic carbocycles. The monoisotopic (exact) mass is 224 g/mol. The summed E-state index contributed by atoms with van der Waals surface area (Å²) in [5.74, 6) is 0. The SMILES string of the molecule is CC1CN2CCCC2CN1C(C)C(C)(C)C. The smallest absolute Gasteiger partial charge is 0.0224 e. The van der Waals surface area contributed by atoms with Gasteiger partial charge in [-0.05, 0) is 38.6 Å². The molecule has 2 aliphatic heterocycles. The summed E-state index contributed by atoms with van der Waals surface area (Å²) in [6.45, 7) is 15.8. The van der Waals surface area contributed by atoms with Gasteiger partial charge in [-0.1, -0.05) is 20.8 Å². The minimum absolute atomic E-state index is 0.398. The number of hydrogen-bond donors (Lipinski definition) is 0. The summed E-state index contributed by atoms with van der Waals surface area (Å²) in [6, 6.07) is 2.26. The summed E-state index contributed by atoms with van der Waals surface area (Å²) in [5, 5.41) is 0. The van der Waals surface area contributed by atoms with Crippen LogP contribution in [0, 0.1) is 5.41 Å². The lowest BCUT2D eigenvalue weighted by atomic mass is 9.85. The van der Waals surface area contributed by atoms with Crippen LogP contribution < -0.4 is 0 Å². The molecule has 0 radical (unpaired) electrons. The molecule has 0 N–H and O–H groups in total. The molecule has 0 amide bonds. The maximum Gasteiger partial charge on any atom is 0.0224 e. The molecule has 0 saturated carbocycles. The summed E-state index contributed by atoms with van der Waals surface area (Å²) < 4.78 is 0. The molecule has 3 atom stereocenters. The third kappa shape index (κ3) is 2.28. The van der Waals surface area contributed by atoms with Gasteiger partial charge in [0.25, 0.3) is 0 Å². The molecule has 2 aliphatic rings. The van der Waals surface area contributed by atoms with Crippen LogP contribution in [0.1, 0.15) is 47.5 Å². The van der Waals surface area contributed by atoms with Gasteiger partial charge in [-0.2, -0.15) is 0 Å². The van der Waals surface area contributed by atoms with Gasteiger partial charge >= 0.3 is 0 Å². The zero-order chi connectivity index (χ0) is 11.9. The maximum atomic E-state index is 2.74. The first kappa shape index (κ1) is 12.4. The molecule has 0 aliphatic carbocycles. The Labute approximate surface area is 101 Å². The van der Waals surface area contributed by atoms with Gasteiger partial charge in [0.1, 0.15) is 0 Å². The van der Waals surface area contributed by atoms with Crippen molar-refractivity contribution in [1.82, 2.24) is 9.80 Å². The molecule has 0 aromatic heterocycles. The minimum atomic E-state index is 0.398. The van der Waals surface area contributed by atoms with Gasteiger partial charge in [0.15, 0.2) is 0 Å². The summed E-state index contributed by atoms with van der Waals surface area (Å²) in [4.78, 5) is 5.45. The number of nitrogens with zero attached hydrogens (tertiary/aromatic N) is 2. The van der Waals surface area contributed by atoms with E-state index in [4.69, 9.17) is 0 Å². The predicted octanol–water partition coefficient (Wildman–Crippen LogP) is 2.59. The van der Waals surface area contributed by atoms with Crippen LogP contribution >= 0.6 is 0 Å². The topological polar surface area (TPSA) is 6.48 Å². The largest absolute Gasteiger partial charge is 0.298 e. The van der Waals surface area contributed by atoms with Crippen molar-refractivity contribution in [1.29, 1.82) is 0 Å². The van der Waals surface area contributed by atoms with Crippen molar-refractivity contribution in [2.45, 2.75) is 65.6 Å². The molecule has 94 valence electrons. The molecule has 2 heteroatoms. The van der Waals surface area contributed by atoms with E-state index in [0.29, 0.717) is 11.5 Å². The van der Waals surface area contributed by atoms with Crippen molar-refractivity contribution in [2.75, 3.05) is 19.6 Å². The number of hydrogen-bond acceptors (Lipinski definition) is 2. The molecule has 0 aromatic rings. The van der Waals surface area contributed by atoms with E-state index in [1.807, 2.05) is 0 Å². The molecular formula is C14H28N2. The third-order valence-corrected chi connectivity index (χ3v) is 4.74. The van der Waals surface area contributed by atoms with E-state index in [1.165, 1.54) is 32.5 Å². The lowest BCUT2D eigenvalue weighted by molar-refractivity contribution is -0.00154. The Morgan fingerprint density at radius 2 is 1.88 bits per heavy atom. The molecule has 3 unspecified atom stereocenters. The first-order chi connectivity index (χ1) is 7.39. The Morgan fingerprint density at radius 3 is 2.50 bits per heavy atom. The molecule has 2 heterocycles. The second kappa shape index (κ2) is 4.30. The average Bonchev–Trinajstić information content (AvgIpc) is 2.60. The first-order valence-electron chi connectivity index (χ1n) is 6.89. The first-order valence-corrected chi connectivity index (χ1v) is 6.89. The highest BCUT2D eigenvalue weighted by Gasteiger charge is 2.38. The van der Waals surface area contributed by atoms with Gasteiger partial charge in [-0.25, -0.2) is 0 Å². The van der Waals surface area contributed by atoms with Crippen molar-refractivity contribution >= 4 is 0 Å². The van der Waals surface area contributed by atoms with Crippen LogP contribution in [0.5, 0.6) is 0 Å². The zero-order valence-corrected chi connectivity index (χ0v) is 11.7. The molecule has 2 saturated heterocycles. The van der Waals surface area contributed by atoms with E-state index in [-0.39, 0.29) is 0 Å². The molecule has 16 heavy (non-hydrogen) atoms. The van der Waals surface area contributed by atoms with E-state index in [1.54, 1.807) is 0 Å². The maximum absolute atomic E-state index is 2.74. The molecule has 2 nitrogen and oxygen atoms in total. The Kier molecular flexibility index (Phi) is 3.33. The number of piperazine rings is 1. The van der Waals surface area contributed by atoms with Gasteiger partial charge in [-0.3, -0.25) is 9.80 Å². The standard InChI is InChI=1S/C14H28N2/c1-11-9-15-8-6-7-13(15)10-16(11)12(2)14(3,4)5/h11-13H,6-10H2,1-5H3. The van der Waals surface area contributed by atoms with Crippen molar-refractivity contribution in [3.63, 3.8) is 0 Å². The van der Waals surface area contributed by atoms with Crippen LogP contribution in [-0.4, -0.2) is 47.6 Å². The highest BCUT2D eigenvalue weighted by molar-refractivity contribution is 4.94. The third-order valence-electron chi connectivity index (χ3n) is 4.74. The van der Waals surface area contributed by atoms with E-state index < -0.39 is 0 Å². The van der Waals surface area contributed by atoms with Gasteiger partial charge in [0.2, 0.25) is 0 Å². The second-order valence-corrected chi connectivity index (χ2v) is 6.88. The lowest BCUT2D eigenvalue weighted by Crippen LogP contribution is -2.59. The fourth-order valence-corrected chi connectivity index (χ4v) is 3.25. The Balaban J connectivity index is 2.05. The van der Waals surface area contributed by atoms with Crippen LogP contribution in [0.4, 0.5) is 0 Å². The van der Waals surface area contributed by atoms with Crippen molar-refractivity contribution in [2.24, 2.45) is 5.41 Å². The van der Waals surface area contributed by atoms with E-state index >= 15 is 0 Å². The Bertz CT molecular complexity index is 244. The van der Waals surface area contributed by atoms with Gasteiger partial charge in [0, 0.05) is 31.2 Å². The van der Waals surface area contributed by atoms with Crippen molar-refractivity contribution in [3.8, 4) is 0 Å². The number of rotatable bonds is 1.